The maximum absolute atomic E-state index is 6.38. The second kappa shape index (κ2) is 5.01. The third kappa shape index (κ3) is 2.07. The Balaban J connectivity index is 1.98. The summed E-state index contributed by atoms with van der Waals surface area (Å²) in [5, 5.41) is 1.24. The van der Waals surface area contributed by atoms with E-state index < -0.39 is 0 Å². The number of rotatable bonds is 1. The summed E-state index contributed by atoms with van der Waals surface area (Å²) in [6, 6.07) is 15.7. The highest BCUT2D eigenvalue weighted by Gasteiger charge is 2.24. The van der Waals surface area contributed by atoms with Gasteiger partial charge in [0.1, 0.15) is 5.82 Å². The summed E-state index contributed by atoms with van der Waals surface area (Å²) in [6.45, 7) is 0. The molecule has 0 amide bonds. The Morgan fingerprint density at radius 1 is 0.909 bits per heavy atom. The van der Waals surface area contributed by atoms with Crippen molar-refractivity contribution in [1.82, 2.24) is 4.98 Å². The molecule has 1 heterocycles. The summed E-state index contributed by atoms with van der Waals surface area (Å²) in [5.41, 5.74) is 12.5. The number of pyridine rings is 1. The lowest BCUT2D eigenvalue weighted by Gasteiger charge is -2.11. The van der Waals surface area contributed by atoms with Crippen molar-refractivity contribution in [3.05, 3.63) is 69.7 Å². The molecule has 4 heteroatoms. The molecule has 0 aliphatic heterocycles. The molecule has 0 bridgehead atoms. The van der Waals surface area contributed by atoms with E-state index in [1.807, 2.05) is 30.3 Å². The average Bonchev–Trinajstić information content (AvgIpc) is 2.85. The Morgan fingerprint density at radius 3 is 2.55 bits per heavy atom. The molecule has 0 saturated carbocycles. The van der Waals surface area contributed by atoms with Crippen molar-refractivity contribution in [2.75, 3.05) is 5.73 Å². The highest BCUT2D eigenvalue weighted by molar-refractivity contribution is 6.36. The first kappa shape index (κ1) is 13.6. The third-order valence-electron chi connectivity index (χ3n) is 4.01. The number of aromatic nitrogens is 1. The van der Waals surface area contributed by atoms with Gasteiger partial charge in [-0.1, -0.05) is 53.5 Å². The van der Waals surface area contributed by atoms with Crippen LogP contribution in [0, 0.1) is 0 Å². The molecule has 1 aliphatic rings. The molecular formula is C18H12Cl2N2. The minimum absolute atomic E-state index is 0.497. The Morgan fingerprint density at radius 2 is 1.73 bits per heavy atom. The molecule has 4 rings (SSSR count). The van der Waals surface area contributed by atoms with E-state index in [1.54, 1.807) is 6.07 Å². The van der Waals surface area contributed by atoms with E-state index in [0.29, 0.717) is 15.9 Å². The molecule has 0 unspecified atom stereocenters. The van der Waals surface area contributed by atoms with Crippen LogP contribution in [0.3, 0.4) is 0 Å². The maximum atomic E-state index is 6.38. The van der Waals surface area contributed by atoms with Crippen LogP contribution in [-0.4, -0.2) is 4.98 Å². The zero-order valence-electron chi connectivity index (χ0n) is 11.6. The number of halogens is 2. The summed E-state index contributed by atoms with van der Waals surface area (Å²) in [5.74, 6) is 0.497. The van der Waals surface area contributed by atoms with Crippen molar-refractivity contribution in [3.63, 3.8) is 0 Å². The fourth-order valence-corrected chi connectivity index (χ4v) is 3.55. The monoisotopic (exact) mass is 326 g/mol. The van der Waals surface area contributed by atoms with Gasteiger partial charge in [0.25, 0.3) is 0 Å². The standard InChI is InChI=1S/C18H12Cl2N2/c19-11-5-6-13(16(20)8-11)14-9-17(21)22-18-12-4-2-1-3-10(12)7-15(14)18/h1-6,8-9H,7H2,(H2,21,22). The number of fused-ring (bicyclic) bond motifs is 3. The quantitative estimate of drug-likeness (QED) is 0.521. The van der Waals surface area contributed by atoms with E-state index >= 15 is 0 Å². The molecule has 0 radical (unpaired) electrons. The van der Waals surface area contributed by atoms with Crippen LogP contribution in [0.1, 0.15) is 11.1 Å². The van der Waals surface area contributed by atoms with Crippen molar-refractivity contribution in [1.29, 1.82) is 0 Å². The number of nitrogens with two attached hydrogens (primary N) is 1. The van der Waals surface area contributed by atoms with Gasteiger partial charge in [0.2, 0.25) is 0 Å². The van der Waals surface area contributed by atoms with Gasteiger partial charge in [-0.05, 0) is 34.9 Å². The van der Waals surface area contributed by atoms with Crippen LogP contribution in [0.5, 0.6) is 0 Å². The van der Waals surface area contributed by atoms with Crippen LogP contribution in [-0.2, 0) is 6.42 Å². The molecule has 22 heavy (non-hydrogen) atoms. The van der Waals surface area contributed by atoms with E-state index in [1.165, 1.54) is 11.1 Å². The van der Waals surface area contributed by atoms with E-state index in [9.17, 15) is 0 Å². The van der Waals surface area contributed by atoms with Gasteiger partial charge in [-0.25, -0.2) is 4.98 Å². The normalized spacial score (nSPS) is 12.1. The summed E-state index contributed by atoms with van der Waals surface area (Å²) >= 11 is 12.4. The summed E-state index contributed by atoms with van der Waals surface area (Å²) < 4.78 is 0. The molecule has 2 aromatic carbocycles. The smallest absolute Gasteiger partial charge is 0.124 e. The second-order valence-corrected chi connectivity index (χ2v) is 6.22. The zero-order chi connectivity index (χ0) is 15.3. The van der Waals surface area contributed by atoms with Crippen LogP contribution >= 0.6 is 23.2 Å². The SMILES string of the molecule is Nc1cc(-c2ccc(Cl)cc2Cl)c2c(n1)-c1ccccc1C2. The fourth-order valence-electron chi connectivity index (χ4n) is 3.04. The molecule has 108 valence electrons. The van der Waals surface area contributed by atoms with Gasteiger partial charge >= 0.3 is 0 Å². The van der Waals surface area contributed by atoms with Crippen LogP contribution in [0.25, 0.3) is 22.4 Å². The minimum Gasteiger partial charge on any atom is -0.384 e. The molecule has 2 nitrogen and oxygen atoms in total. The lowest BCUT2D eigenvalue weighted by Crippen LogP contribution is -1.97. The van der Waals surface area contributed by atoms with E-state index in [0.717, 1.165) is 28.8 Å². The highest BCUT2D eigenvalue weighted by Crippen LogP contribution is 2.43. The summed E-state index contributed by atoms with van der Waals surface area (Å²) in [6.07, 6.45) is 0.840. The average molecular weight is 327 g/mol. The van der Waals surface area contributed by atoms with Gasteiger partial charge in [-0.15, -0.1) is 0 Å². The number of benzene rings is 2. The Kier molecular flexibility index (Phi) is 3.10. The van der Waals surface area contributed by atoms with Gasteiger partial charge in [0.05, 0.1) is 5.69 Å². The van der Waals surface area contributed by atoms with Crippen LogP contribution in [0.15, 0.2) is 48.5 Å². The molecular weight excluding hydrogens is 315 g/mol. The van der Waals surface area contributed by atoms with E-state index in [-0.39, 0.29) is 0 Å². The molecule has 2 N–H and O–H groups in total. The Bertz CT molecular complexity index is 904. The molecule has 0 spiro atoms. The number of nitrogen functional groups attached to an aromatic ring is 1. The molecule has 1 aromatic heterocycles. The Hall–Kier alpha value is -2.03. The topological polar surface area (TPSA) is 38.9 Å². The van der Waals surface area contributed by atoms with E-state index in [4.69, 9.17) is 28.9 Å². The lowest BCUT2D eigenvalue weighted by atomic mass is 9.98. The molecule has 0 atom stereocenters. The zero-order valence-corrected chi connectivity index (χ0v) is 13.1. The van der Waals surface area contributed by atoms with Crippen molar-refractivity contribution in [2.24, 2.45) is 0 Å². The first-order valence-electron chi connectivity index (χ1n) is 6.96. The lowest BCUT2D eigenvalue weighted by molar-refractivity contribution is 1.23. The predicted octanol–water partition coefficient (Wildman–Crippen LogP) is 5.21. The third-order valence-corrected chi connectivity index (χ3v) is 4.55. The van der Waals surface area contributed by atoms with Gasteiger partial charge in [-0.2, -0.15) is 0 Å². The highest BCUT2D eigenvalue weighted by atomic mass is 35.5. The summed E-state index contributed by atoms with van der Waals surface area (Å²) in [7, 11) is 0. The molecule has 3 aromatic rings. The van der Waals surface area contributed by atoms with Crippen molar-refractivity contribution < 1.29 is 0 Å². The number of hydrogen-bond donors (Lipinski definition) is 1. The number of anilines is 1. The molecule has 0 fully saturated rings. The van der Waals surface area contributed by atoms with Gasteiger partial charge in [0, 0.05) is 27.6 Å². The summed E-state index contributed by atoms with van der Waals surface area (Å²) in [4.78, 5) is 4.54. The van der Waals surface area contributed by atoms with Crippen LogP contribution in [0.4, 0.5) is 5.82 Å². The number of nitrogens with zero attached hydrogens (tertiary/aromatic N) is 1. The largest absolute Gasteiger partial charge is 0.384 e. The molecule has 0 saturated heterocycles. The van der Waals surface area contributed by atoms with Crippen LogP contribution < -0.4 is 5.73 Å². The van der Waals surface area contributed by atoms with Gasteiger partial charge in [0.15, 0.2) is 0 Å². The maximum Gasteiger partial charge on any atom is 0.124 e. The first-order chi connectivity index (χ1) is 10.6. The number of hydrogen-bond acceptors (Lipinski definition) is 2. The molecule has 1 aliphatic carbocycles. The first-order valence-corrected chi connectivity index (χ1v) is 7.72. The van der Waals surface area contributed by atoms with Crippen LogP contribution in [0.2, 0.25) is 10.0 Å². The predicted molar refractivity (Wildman–Crippen MR) is 92.3 cm³/mol. The van der Waals surface area contributed by atoms with Gasteiger partial charge in [-0.3, -0.25) is 0 Å². The second-order valence-electron chi connectivity index (χ2n) is 5.38. The van der Waals surface area contributed by atoms with Crippen molar-refractivity contribution in [2.45, 2.75) is 6.42 Å². The van der Waals surface area contributed by atoms with E-state index in [2.05, 4.69) is 17.1 Å². The minimum atomic E-state index is 0.497. The fraction of sp³-hybridized carbons (Fsp3) is 0.0556. The van der Waals surface area contributed by atoms with Gasteiger partial charge < -0.3 is 5.73 Å². The van der Waals surface area contributed by atoms with Crippen molar-refractivity contribution in [3.8, 4) is 22.4 Å². The Labute approximate surface area is 138 Å². The van der Waals surface area contributed by atoms with Crippen molar-refractivity contribution >= 4 is 29.0 Å².